The summed E-state index contributed by atoms with van der Waals surface area (Å²) in [5.74, 6) is 1.02. The van der Waals surface area contributed by atoms with Crippen molar-refractivity contribution < 1.29 is 0 Å². The number of benzene rings is 2. The number of aliphatic imine (C=N–C) groups is 1. The van der Waals surface area contributed by atoms with Gasteiger partial charge in [-0.05, 0) is 12.0 Å². The van der Waals surface area contributed by atoms with Gasteiger partial charge in [-0.15, -0.1) is 0 Å². The minimum Gasteiger partial charge on any atom is -0.365 e. The topological polar surface area (TPSA) is 24.4 Å². The Bertz CT molecular complexity index is 532. The number of hydrogen-bond donors (Lipinski definition) is 1. The predicted molar refractivity (Wildman–Crippen MR) is 74.9 cm³/mol. The second-order valence-corrected chi connectivity index (χ2v) is 4.59. The largest absolute Gasteiger partial charge is 0.365 e. The Kier molecular flexibility index (Phi) is 3.09. The average molecular weight is 236 g/mol. The number of nitrogens with one attached hydrogen (secondary N) is 1. The quantitative estimate of drug-likeness (QED) is 0.870. The first kappa shape index (κ1) is 11.0. The van der Waals surface area contributed by atoms with Gasteiger partial charge in [0.1, 0.15) is 5.84 Å². The fourth-order valence-corrected chi connectivity index (χ4v) is 2.27. The number of hydrogen-bond acceptors (Lipinski definition) is 2. The van der Waals surface area contributed by atoms with Crippen LogP contribution < -0.4 is 5.32 Å². The molecule has 0 amide bonds. The van der Waals surface area contributed by atoms with E-state index in [-0.39, 0.29) is 0 Å². The van der Waals surface area contributed by atoms with Crippen molar-refractivity contribution in [2.75, 3.05) is 6.54 Å². The summed E-state index contributed by atoms with van der Waals surface area (Å²) in [7, 11) is 0. The summed E-state index contributed by atoms with van der Waals surface area (Å²) in [5, 5.41) is 3.51. The van der Waals surface area contributed by atoms with E-state index in [9.17, 15) is 0 Å². The van der Waals surface area contributed by atoms with Crippen LogP contribution in [-0.2, 0) is 6.42 Å². The highest BCUT2D eigenvalue weighted by Crippen LogP contribution is 2.10. The number of nitrogens with zero attached hydrogens (tertiary/aromatic N) is 1. The van der Waals surface area contributed by atoms with E-state index in [1.165, 1.54) is 11.1 Å². The van der Waals surface area contributed by atoms with Gasteiger partial charge in [-0.25, -0.2) is 0 Å². The van der Waals surface area contributed by atoms with Gasteiger partial charge in [0.25, 0.3) is 0 Å². The Morgan fingerprint density at radius 3 is 2.33 bits per heavy atom. The first-order valence-electron chi connectivity index (χ1n) is 6.32. The van der Waals surface area contributed by atoms with E-state index in [0.29, 0.717) is 6.04 Å². The molecule has 0 radical (unpaired) electrons. The lowest BCUT2D eigenvalue weighted by Crippen LogP contribution is -2.32. The third-order valence-electron chi connectivity index (χ3n) is 3.18. The van der Waals surface area contributed by atoms with Crippen LogP contribution in [0.3, 0.4) is 0 Å². The van der Waals surface area contributed by atoms with Crippen molar-refractivity contribution in [2.45, 2.75) is 12.5 Å². The molecule has 0 saturated carbocycles. The zero-order valence-electron chi connectivity index (χ0n) is 10.2. The van der Waals surface area contributed by atoms with Gasteiger partial charge in [0.2, 0.25) is 0 Å². The lowest BCUT2D eigenvalue weighted by molar-refractivity contribution is 0.654. The van der Waals surface area contributed by atoms with Gasteiger partial charge in [-0.2, -0.15) is 0 Å². The van der Waals surface area contributed by atoms with Crippen molar-refractivity contribution in [1.82, 2.24) is 5.32 Å². The van der Waals surface area contributed by atoms with Gasteiger partial charge in [0, 0.05) is 5.56 Å². The Morgan fingerprint density at radius 1 is 0.944 bits per heavy atom. The van der Waals surface area contributed by atoms with Crippen LogP contribution in [-0.4, -0.2) is 18.4 Å². The number of rotatable bonds is 3. The van der Waals surface area contributed by atoms with Crippen LogP contribution in [0.25, 0.3) is 0 Å². The number of amidine groups is 1. The maximum Gasteiger partial charge on any atom is 0.128 e. The first-order valence-corrected chi connectivity index (χ1v) is 6.32. The van der Waals surface area contributed by atoms with Gasteiger partial charge in [-0.3, -0.25) is 4.99 Å². The summed E-state index contributed by atoms with van der Waals surface area (Å²) in [6.07, 6.45) is 1.03. The van der Waals surface area contributed by atoms with Crippen molar-refractivity contribution in [1.29, 1.82) is 0 Å². The van der Waals surface area contributed by atoms with Crippen molar-refractivity contribution in [2.24, 2.45) is 4.99 Å². The van der Waals surface area contributed by atoms with E-state index in [1.807, 2.05) is 18.2 Å². The SMILES string of the molecule is c1ccc(CC2CN=C(c3ccccc3)N2)cc1. The molecule has 1 aliphatic rings. The van der Waals surface area contributed by atoms with Gasteiger partial charge < -0.3 is 5.32 Å². The lowest BCUT2D eigenvalue weighted by Gasteiger charge is -2.11. The Morgan fingerprint density at radius 2 is 1.61 bits per heavy atom. The van der Waals surface area contributed by atoms with Crippen molar-refractivity contribution in [3.8, 4) is 0 Å². The minimum absolute atomic E-state index is 0.419. The Labute approximate surface area is 107 Å². The molecule has 1 aliphatic heterocycles. The summed E-state index contributed by atoms with van der Waals surface area (Å²) in [6, 6.07) is 21.3. The fourth-order valence-electron chi connectivity index (χ4n) is 2.27. The van der Waals surface area contributed by atoms with Crippen molar-refractivity contribution in [3.05, 3.63) is 71.8 Å². The molecule has 0 spiro atoms. The maximum absolute atomic E-state index is 4.59. The fraction of sp³-hybridized carbons (Fsp3) is 0.188. The molecule has 0 bridgehead atoms. The monoisotopic (exact) mass is 236 g/mol. The third-order valence-corrected chi connectivity index (χ3v) is 3.18. The van der Waals surface area contributed by atoms with Crippen molar-refractivity contribution >= 4 is 5.84 Å². The van der Waals surface area contributed by atoms with Crippen LogP contribution in [0.1, 0.15) is 11.1 Å². The molecule has 18 heavy (non-hydrogen) atoms. The molecule has 1 N–H and O–H groups in total. The molecule has 2 heteroatoms. The highest BCUT2D eigenvalue weighted by atomic mass is 15.1. The van der Waals surface area contributed by atoms with E-state index in [2.05, 4.69) is 52.8 Å². The van der Waals surface area contributed by atoms with Gasteiger partial charge in [0.15, 0.2) is 0 Å². The first-order chi connectivity index (χ1) is 8.92. The standard InChI is InChI=1S/C16H16N2/c1-3-7-13(8-4-1)11-15-12-17-16(18-15)14-9-5-2-6-10-14/h1-10,15H,11-12H2,(H,17,18). The highest BCUT2D eigenvalue weighted by Gasteiger charge is 2.18. The Hall–Kier alpha value is -2.09. The van der Waals surface area contributed by atoms with E-state index in [1.54, 1.807) is 0 Å². The highest BCUT2D eigenvalue weighted by molar-refractivity contribution is 6.00. The smallest absolute Gasteiger partial charge is 0.128 e. The third kappa shape index (κ3) is 2.43. The molecule has 1 unspecified atom stereocenters. The molecule has 1 atom stereocenters. The molecule has 0 saturated heterocycles. The molecule has 2 aromatic carbocycles. The predicted octanol–water partition coefficient (Wildman–Crippen LogP) is 2.65. The summed E-state index contributed by atoms with van der Waals surface area (Å²) in [6.45, 7) is 0.860. The summed E-state index contributed by atoms with van der Waals surface area (Å²) >= 11 is 0. The molecule has 1 heterocycles. The average Bonchev–Trinajstić information content (AvgIpc) is 2.89. The Balaban J connectivity index is 1.65. The van der Waals surface area contributed by atoms with Gasteiger partial charge in [-0.1, -0.05) is 60.7 Å². The zero-order chi connectivity index (χ0) is 12.2. The van der Waals surface area contributed by atoms with Gasteiger partial charge >= 0.3 is 0 Å². The molecule has 0 fully saturated rings. The van der Waals surface area contributed by atoms with Crippen LogP contribution in [0.5, 0.6) is 0 Å². The maximum atomic E-state index is 4.59. The van der Waals surface area contributed by atoms with E-state index >= 15 is 0 Å². The second kappa shape index (κ2) is 5.05. The van der Waals surface area contributed by atoms with Crippen LogP contribution >= 0.6 is 0 Å². The minimum atomic E-state index is 0.419. The molecule has 0 aromatic heterocycles. The summed E-state index contributed by atoms with van der Waals surface area (Å²) in [4.78, 5) is 4.59. The molecular weight excluding hydrogens is 220 g/mol. The summed E-state index contributed by atoms with van der Waals surface area (Å²) in [5.41, 5.74) is 2.53. The van der Waals surface area contributed by atoms with Gasteiger partial charge in [0.05, 0.1) is 12.6 Å². The molecular formula is C16H16N2. The van der Waals surface area contributed by atoms with E-state index < -0.39 is 0 Å². The molecule has 3 rings (SSSR count). The molecule has 2 nitrogen and oxygen atoms in total. The van der Waals surface area contributed by atoms with Crippen LogP contribution in [0.4, 0.5) is 0 Å². The molecule has 90 valence electrons. The second-order valence-electron chi connectivity index (χ2n) is 4.59. The van der Waals surface area contributed by atoms with Crippen LogP contribution in [0.2, 0.25) is 0 Å². The van der Waals surface area contributed by atoms with Crippen LogP contribution in [0, 0.1) is 0 Å². The molecule has 2 aromatic rings. The van der Waals surface area contributed by atoms with E-state index in [0.717, 1.165) is 18.8 Å². The van der Waals surface area contributed by atoms with E-state index in [4.69, 9.17) is 0 Å². The van der Waals surface area contributed by atoms with Crippen LogP contribution in [0.15, 0.2) is 65.7 Å². The summed E-state index contributed by atoms with van der Waals surface area (Å²) < 4.78 is 0. The zero-order valence-corrected chi connectivity index (χ0v) is 10.2. The lowest BCUT2D eigenvalue weighted by atomic mass is 10.1. The molecule has 0 aliphatic carbocycles. The normalized spacial score (nSPS) is 18.2. The van der Waals surface area contributed by atoms with Crippen molar-refractivity contribution in [3.63, 3.8) is 0 Å².